The predicted octanol–water partition coefficient (Wildman–Crippen LogP) is 1.38. The van der Waals surface area contributed by atoms with Crippen LogP contribution < -0.4 is 5.32 Å². The minimum Gasteiger partial charge on any atom is -0.334 e. The summed E-state index contributed by atoms with van der Waals surface area (Å²) in [5.74, 6) is 0.467. The summed E-state index contributed by atoms with van der Waals surface area (Å²) in [5.41, 5.74) is 0. The molecule has 0 spiro atoms. The molecule has 0 aliphatic carbocycles. The monoisotopic (exact) mass is 227 g/mol. The highest BCUT2D eigenvalue weighted by Gasteiger charge is 2.22. The van der Waals surface area contributed by atoms with E-state index in [1.807, 2.05) is 19.0 Å². The summed E-state index contributed by atoms with van der Waals surface area (Å²) in [7, 11) is 4.08. The molecule has 0 aromatic carbocycles. The molecule has 0 aromatic rings. The second kappa shape index (κ2) is 6.09. The zero-order chi connectivity index (χ0) is 12.1. The van der Waals surface area contributed by atoms with E-state index in [0.29, 0.717) is 5.92 Å². The van der Waals surface area contributed by atoms with Crippen LogP contribution in [0.2, 0.25) is 0 Å². The summed E-state index contributed by atoms with van der Waals surface area (Å²) < 4.78 is 0. The first-order valence-corrected chi connectivity index (χ1v) is 6.21. The molecule has 1 fully saturated rings. The van der Waals surface area contributed by atoms with Crippen LogP contribution in [-0.4, -0.2) is 55.6 Å². The van der Waals surface area contributed by atoms with Crippen LogP contribution in [0.15, 0.2) is 0 Å². The van der Waals surface area contributed by atoms with Gasteiger partial charge in [0, 0.05) is 25.7 Å². The number of amides is 2. The SMILES string of the molecule is CC(C)C(CN(C)C)NC(=O)N1CCCC1. The van der Waals surface area contributed by atoms with Gasteiger partial charge in [-0.05, 0) is 32.9 Å². The lowest BCUT2D eigenvalue weighted by molar-refractivity contribution is 0.194. The first-order valence-electron chi connectivity index (χ1n) is 6.21. The molecule has 1 aliphatic heterocycles. The number of hydrogen-bond acceptors (Lipinski definition) is 2. The van der Waals surface area contributed by atoms with Gasteiger partial charge in [0.05, 0.1) is 0 Å². The van der Waals surface area contributed by atoms with Crippen molar-refractivity contribution in [1.82, 2.24) is 15.1 Å². The van der Waals surface area contributed by atoms with Gasteiger partial charge in [-0.3, -0.25) is 0 Å². The first kappa shape index (κ1) is 13.3. The van der Waals surface area contributed by atoms with Crippen LogP contribution in [0.5, 0.6) is 0 Å². The van der Waals surface area contributed by atoms with Gasteiger partial charge in [-0.25, -0.2) is 4.79 Å². The van der Waals surface area contributed by atoms with Crippen LogP contribution in [0, 0.1) is 5.92 Å². The van der Waals surface area contributed by atoms with E-state index in [4.69, 9.17) is 0 Å². The van der Waals surface area contributed by atoms with E-state index in [0.717, 1.165) is 32.5 Å². The summed E-state index contributed by atoms with van der Waals surface area (Å²) >= 11 is 0. The minimum atomic E-state index is 0.109. The highest BCUT2D eigenvalue weighted by molar-refractivity contribution is 5.74. The third-order valence-corrected chi connectivity index (χ3v) is 3.07. The van der Waals surface area contributed by atoms with Crippen LogP contribution >= 0.6 is 0 Å². The minimum absolute atomic E-state index is 0.109. The lowest BCUT2D eigenvalue weighted by Gasteiger charge is -2.28. The third kappa shape index (κ3) is 4.00. The first-order chi connectivity index (χ1) is 7.50. The summed E-state index contributed by atoms with van der Waals surface area (Å²) in [6, 6.07) is 0.348. The van der Waals surface area contributed by atoms with Gasteiger partial charge >= 0.3 is 6.03 Å². The Bertz CT molecular complexity index is 222. The fraction of sp³-hybridized carbons (Fsp3) is 0.917. The second-order valence-corrected chi connectivity index (χ2v) is 5.26. The topological polar surface area (TPSA) is 35.6 Å². The molecule has 94 valence electrons. The Kier molecular flexibility index (Phi) is 5.06. The van der Waals surface area contributed by atoms with Crippen molar-refractivity contribution in [2.45, 2.75) is 32.7 Å². The van der Waals surface area contributed by atoms with Crippen molar-refractivity contribution in [1.29, 1.82) is 0 Å². The number of likely N-dealkylation sites (N-methyl/N-ethyl adjacent to an activating group) is 1. The summed E-state index contributed by atoms with van der Waals surface area (Å²) in [5, 5.41) is 3.14. The Labute approximate surface area is 99.0 Å². The molecule has 0 bridgehead atoms. The van der Waals surface area contributed by atoms with E-state index >= 15 is 0 Å². The van der Waals surface area contributed by atoms with Crippen LogP contribution in [0.25, 0.3) is 0 Å². The Morgan fingerprint density at radius 1 is 1.31 bits per heavy atom. The summed E-state index contributed by atoms with van der Waals surface area (Å²) in [6.07, 6.45) is 2.29. The Morgan fingerprint density at radius 2 is 1.88 bits per heavy atom. The molecule has 1 N–H and O–H groups in total. The van der Waals surface area contributed by atoms with Gasteiger partial charge in [-0.15, -0.1) is 0 Å². The molecule has 1 unspecified atom stereocenters. The van der Waals surface area contributed by atoms with Gasteiger partial charge in [-0.2, -0.15) is 0 Å². The second-order valence-electron chi connectivity index (χ2n) is 5.26. The van der Waals surface area contributed by atoms with E-state index < -0.39 is 0 Å². The van der Waals surface area contributed by atoms with Crippen molar-refractivity contribution in [2.75, 3.05) is 33.7 Å². The number of nitrogens with zero attached hydrogens (tertiary/aromatic N) is 2. The molecular weight excluding hydrogens is 202 g/mol. The zero-order valence-electron chi connectivity index (χ0n) is 11.0. The smallest absolute Gasteiger partial charge is 0.317 e. The highest BCUT2D eigenvalue weighted by atomic mass is 16.2. The van der Waals surface area contributed by atoms with Crippen LogP contribution in [-0.2, 0) is 0 Å². The van der Waals surface area contributed by atoms with Crippen molar-refractivity contribution in [2.24, 2.45) is 5.92 Å². The fourth-order valence-corrected chi connectivity index (χ4v) is 1.99. The predicted molar refractivity (Wildman–Crippen MR) is 66.5 cm³/mol. The maximum absolute atomic E-state index is 11.9. The van der Waals surface area contributed by atoms with Crippen LogP contribution in [0.1, 0.15) is 26.7 Å². The molecule has 1 heterocycles. The van der Waals surface area contributed by atoms with Crippen molar-refractivity contribution < 1.29 is 4.79 Å². The maximum atomic E-state index is 11.9. The van der Waals surface area contributed by atoms with Crippen LogP contribution in [0.4, 0.5) is 4.79 Å². The van der Waals surface area contributed by atoms with Crippen molar-refractivity contribution in [3.05, 3.63) is 0 Å². The van der Waals surface area contributed by atoms with Crippen molar-refractivity contribution >= 4 is 6.03 Å². The summed E-state index contributed by atoms with van der Waals surface area (Å²) in [6.45, 7) is 7.03. The number of carbonyl (C=O) groups excluding carboxylic acids is 1. The molecule has 1 rings (SSSR count). The fourth-order valence-electron chi connectivity index (χ4n) is 1.99. The lowest BCUT2D eigenvalue weighted by Crippen LogP contribution is -2.49. The molecule has 4 nitrogen and oxygen atoms in total. The van der Waals surface area contributed by atoms with E-state index in [9.17, 15) is 4.79 Å². The average Bonchev–Trinajstić information content (AvgIpc) is 2.68. The quantitative estimate of drug-likeness (QED) is 0.787. The standard InChI is InChI=1S/C12H25N3O/c1-10(2)11(9-14(3)4)13-12(16)15-7-5-6-8-15/h10-11H,5-9H2,1-4H3,(H,13,16). The number of rotatable bonds is 4. The van der Waals surface area contributed by atoms with Gasteiger partial charge in [0.2, 0.25) is 0 Å². The third-order valence-electron chi connectivity index (χ3n) is 3.07. The van der Waals surface area contributed by atoms with E-state index in [2.05, 4.69) is 24.1 Å². The van der Waals surface area contributed by atoms with Gasteiger partial charge in [0.15, 0.2) is 0 Å². The number of carbonyl (C=O) groups is 1. The number of hydrogen-bond donors (Lipinski definition) is 1. The maximum Gasteiger partial charge on any atom is 0.317 e. The highest BCUT2D eigenvalue weighted by Crippen LogP contribution is 2.09. The Morgan fingerprint density at radius 3 is 2.31 bits per heavy atom. The average molecular weight is 227 g/mol. The number of urea groups is 1. The zero-order valence-corrected chi connectivity index (χ0v) is 11.0. The Hall–Kier alpha value is -0.770. The largest absolute Gasteiger partial charge is 0.334 e. The Balaban J connectivity index is 2.43. The van der Waals surface area contributed by atoms with Gasteiger partial charge in [-0.1, -0.05) is 13.8 Å². The molecule has 0 saturated carbocycles. The van der Waals surface area contributed by atoms with Gasteiger partial charge < -0.3 is 15.1 Å². The summed E-state index contributed by atoms with van der Waals surface area (Å²) in [4.78, 5) is 16.0. The van der Waals surface area contributed by atoms with E-state index in [-0.39, 0.29) is 12.1 Å². The molecule has 1 aliphatic rings. The van der Waals surface area contributed by atoms with Gasteiger partial charge in [0.25, 0.3) is 0 Å². The van der Waals surface area contributed by atoms with Crippen LogP contribution in [0.3, 0.4) is 0 Å². The van der Waals surface area contributed by atoms with Gasteiger partial charge in [0.1, 0.15) is 0 Å². The van der Waals surface area contributed by atoms with Crippen molar-refractivity contribution in [3.63, 3.8) is 0 Å². The molecule has 2 amide bonds. The normalized spacial score (nSPS) is 18.2. The molecule has 4 heteroatoms. The molecular formula is C12H25N3O. The number of likely N-dealkylation sites (tertiary alicyclic amines) is 1. The number of nitrogens with one attached hydrogen (secondary N) is 1. The lowest BCUT2D eigenvalue weighted by atomic mass is 10.0. The molecule has 16 heavy (non-hydrogen) atoms. The van der Waals surface area contributed by atoms with E-state index in [1.165, 1.54) is 0 Å². The molecule has 1 saturated heterocycles. The molecule has 0 aromatic heterocycles. The van der Waals surface area contributed by atoms with E-state index in [1.54, 1.807) is 0 Å². The molecule has 1 atom stereocenters. The molecule has 0 radical (unpaired) electrons. The van der Waals surface area contributed by atoms with Crippen molar-refractivity contribution in [3.8, 4) is 0 Å².